The zero-order valence-electron chi connectivity index (χ0n) is 15.1. The molecule has 0 radical (unpaired) electrons. The van der Waals surface area contributed by atoms with Gasteiger partial charge in [0.1, 0.15) is 6.10 Å². The molecule has 6 nitrogen and oxygen atoms in total. The number of carbonyl (C=O) groups excluding carboxylic acids is 1. The summed E-state index contributed by atoms with van der Waals surface area (Å²) in [7, 11) is 1.80. The molecule has 1 aliphatic heterocycles. The van der Waals surface area contributed by atoms with Crippen LogP contribution in [0.25, 0.3) is 0 Å². The first-order valence-corrected chi connectivity index (χ1v) is 9.43. The minimum atomic E-state index is -0.186. The quantitative estimate of drug-likeness (QED) is 0.819. The SMILES string of the molecule is Cc1ncc(Br)cc1[C@@H]1OCC[C@H]1NC(=O)N(C)[C@@H](C)c1ccncc1. The van der Waals surface area contributed by atoms with Crippen LogP contribution in [0.15, 0.2) is 41.3 Å². The van der Waals surface area contributed by atoms with Crippen LogP contribution in [0.3, 0.4) is 0 Å². The highest BCUT2D eigenvalue weighted by Gasteiger charge is 2.33. The molecule has 3 rings (SSSR count). The Morgan fingerprint density at radius 2 is 2.15 bits per heavy atom. The molecule has 0 spiro atoms. The number of halogens is 1. The maximum Gasteiger partial charge on any atom is 0.317 e. The van der Waals surface area contributed by atoms with Crippen molar-refractivity contribution in [2.75, 3.05) is 13.7 Å². The van der Waals surface area contributed by atoms with Gasteiger partial charge in [-0.25, -0.2) is 4.79 Å². The molecule has 7 heteroatoms. The lowest BCUT2D eigenvalue weighted by atomic mass is 10.0. The molecule has 1 aliphatic rings. The number of hydrogen-bond donors (Lipinski definition) is 1. The van der Waals surface area contributed by atoms with Crippen LogP contribution in [-0.4, -0.2) is 40.6 Å². The van der Waals surface area contributed by atoms with Gasteiger partial charge in [0.05, 0.1) is 12.1 Å². The van der Waals surface area contributed by atoms with E-state index in [-0.39, 0.29) is 24.2 Å². The fraction of sp³-hybridized carbons (Fsp3) is 0.421. The lowest BCUT2D eigenvalue weighted by Crippen LogP contribution is -2.45. The fourth-order valence-electron chi connectivity index (χ4n) is 3.16. The summed E-state index contributed by atoms with van der Waals surface area (Å²) < 4.78 is 6.82. The maximum atomic E-state index is 12.8. The van der Waals surface area contributed by atoms with Gasteiger partial charge in [-0.05, 0) is 60.0 Å². The fourth-order valence-corrected chi connectivity index (χ4v) is 3.51. The van der Waals surface area contributed by atoms with Crippen LogP contribution in [0.1, 0.15) is 42.3 Å². The monoisotopic (exact) mass is 418 g/mol. The van der Waals surface area contributed by atoms with Crippen LogP contribution in [0, 0.1) is 6.92 Å². The Balaban J connectivity index is 1.71. The largest absolute Gasteiger partial charge is 0.371 e. The van der Waals surface area contributed by atoms with E-state index in [9.17, 15) is 4.79 Å². The number of urea groups is 1. The number of pyridine rings is 2. The van der Waals surface area contributed by atoms with Gasteiger partial charge in [0, 0.05) is 48.0 Å². The smallest absolute Gasteiger partial charge is 0.317 e. The highest BCUT2D eigenvalue weighted by atomic mass is 79.9. The zero-order valence-corrected chi connectivity index (χ0v) is 16.7. The summed E-state index contributed by atoms with van der Waals surface area (Å²) in [6.07, 6.45) is 5.84. The second-order valence-electron chi connectivity index (χ2n) is 6.53. The second kappa shape index (κ2) is 8.14. The predicted molar refractivity (Wildman–Crippen MR) is 103 cm³/mol. The van der Waals surface area contributed by atoms with Crippen LogP contribution >= 0.6 is 15.9 Å². The second-order valence-corrected chi connectivity index (χ2v) is 7.45. The first-order chi connectivity index (χ1) is 12.5. The third-order valence-corrected chi connectivity index (χ3v) is 5.32. The molecule has 2 amide bonds. The summed E-state index contributed by atoms with van der Waals surface area (Å²) in [5, 5.41) is 3.13. The number of hydrogen-bond acceptors (Lipinski definition) is 4. The van der Waals surface area contributed by atoms with E-state index in [1.807, 2.05) is 32.0 Å². The first kappa shape index (κ1) is 18.8. The number of aryl methyl sites for hydroxylation is 1. The van der Waals surface area contributed by atoms with E-state index in [4.69, 9.17) is 4.74 Å². The molecule has 138 valence electrons. The van der Waals surface area contributed by atoms with Crippen LogP contribution in [0.2, 0.25) is 0 Å². The minimum Gasteiger partial charge on any atom is -0.371 e. The van der Waals surface area contributed by atoms with Gasteiger partial charge in [-0.1, -0.05) is 0 Å². The Kier molecular flexibility index (Phi) is 5.88. The average Bonchev–Trinajstić information content (AvgIpc) is 3.11. The van der Waals surface area contributed by atoms with Gasteiger partial charge >= 0.3 is 6.03 Å². The lowest BCUT2D eigenvalue weighted by molar-refractivity contribution is 0.0970. The summed E-state index contributed by atoms with van der Waals surface area (Å²) >= 11 is 3.46. The van der Waals surface area contributed by atoms with Crippen molar-refractivity contribution < 1.29 is 9.53 Å². The zero-order chi connectivity index (χ0) is 18.7. The van der Waals surface area contributed by atoms with Gasteiger partial charge in [-0.3, -0.25) is 9.97 Å². The molecule has 3 heterocycles. The number of aromatic nitrogens is 2. The molecule has 0 aromatic carbocycles. The van der Waals surface area contributed by atoms with Gasteiger partial charge < -0.3 is 15.0 Å². The number of amides is 2. The van der Waals surface area contributed by atoms with Crippen molar-refractivity contribution in [3.63, 3.8) is 0 Å². The van der Waals surface area contributed by atoms with Crippen molar-refractivity contribution in [3.05, 3.63) is 58.1 Å². The summed E-state index contributed by atoms with van der Waals surface area (Å²) in [5.74, 6) is 0. The summed E-state index contributed by atoms with van der Waals surface area (Å²) in [4.78, 5) is 22.9. The molecule has 0 unspecified atom stereocenters. The molecule has 1 saturated heterocycles. The Hall–Kier alpha value is -1.99. The Morgan fingerprint density at radius 1 is 1.42 bits per heavy atom. The molecular formula is C19H23BrN4O2. The number of nitrogens with zero attached hydrogens (tertiary/aromatic N) is 3. The molecule has 2 aromatic rings. The van der Waals surface area contributed by atoms with E-state index in [2.05, 4.69) is 31.2 Å². The number of carbonyl (C=O) groups is 1. The van der Waals surface area contributed by atoms with Gasteiger partial charge in [0.2, 0.25) is 0 Å². The van der Waals surface area contributed by atoms with E-state index in [0.717, 1.165) is 27.7 Å². The molecule has 0 bridgehead atoms. The van der Waals surface area contributed by atoms with Crippen molar-refractivity contribution in [1.82, 2.24) is 20.2 Å². The number of nitrogens with one attached hydrogen (secondary N) is 1. The van der Waals surface area contributed by atoms with Crippen LogP contribution in [0.5, 0.6) is 0 Å². The Bertz CT molecular complexity index is 771. The van der Waals surface area contributed by atoms with E-state index >= 15 is 0 Å². The van der Waals surface area contributed by atoms with Crippen LogP contribution in [-0.2, 0) is 4.74 Å². The summed E-state index contributed by atoms with van der Waals surface area (Å²) in [6.45, 7) is 4.57. The molecule has 26 heavy (non-hydrogen) atoms. The number of rotatable bonds is 4. The lowest BCUT2D eigenvalue weighted by Gasteiger charge is -2.29. The number of ether oxygens (including phenoxy) is 1. The molecule has 0 aliphatic carbocycles. The van der Waals surface area contributed by atoms with Gasteiger partial charge in [-0.15, -0.1) is 0 Å². The van der Waals surface area contributed by atoms with Gasteiger partial charge in [0.15, 0.2) is 0 Å². The third-order valence-electron chi connectivity index (χ3n) is 4.89. The Morgan fingerprint density at radius 3 is 2.88 bits per heavy atom. The standard InChI is InChI=1S/C19H23BrN4O2/c1-12-16(10-15(20)11-22-12)18-17(6-9-26-18)23-19(25)24(3)13(2)14-4-7-21-8-5-14/h4-5,7-8,10-11,13,17-18H,6,9H2,1-3H3,(H,23,25)/t13-,17+,18-/m0/s1. The van der Waals surface area contributed by atoms with E-state index in [1.165, 1.54) is 0 Å². The third kappa shape index (κ3) is 4.04. The summed E-state index contributed by atoms with van der Waals surface area (Å²) in [6, 6.07) is 5.62. The van der Waals surface area contributed by atoms with Crippen molar-refractivity contribution >= 4 is 22.0 Å². The highest BCUT2D eigenvalue weighted by molar-refractivity contribution is 9.10. The van der Waals surface area contributed by atoms with E-state index in [0.29, 0.717) is 6.61 Å². The van der Waals surface area contributed by atoms with Crippen LogP contribution in [0.4, 0.5) is 4.79 Å². The topological polar surface area (TPSA) is 67.3 Å². The van der Waals surface area contributed by atoms with Gasteiger partial charge in [-0.2, -0.15) is 0 Å². The molecule has 1 N–H and O–H groups in total. The van der Waals surface area contributed by atoms with Crippen molar-refractivity contribution in [2.24, 2.45) is 0 Å². The van der Waals surface area contributed by atoms with Gasteiger partial charge in [0.25, 0.3) is 0 Å². The minimum absolute atomic E-state index is 0.0481. The highest BCUT2D eigenvalue weighted by Crippen LogP contribution is 2.32. The van der Waals surface area contributed by atoms with E-state index in [1.54, 1.807) is 30.5 Å². The molecule has 2 aromatic heterocycles. The predicted octanol–water partition coefficient (Wildman–Crippen LogP) is 3.78. The van der Waals surface area contributed by atoms with Crippen molar-refractivity contribution in [1.29, 1.82) is 0 Å². The normalized spacial score (nSPS) is 20.6. The van der Waals surface area contributed by atoms with Crippen molar-refractivity contribution in [2.45, 2.75) is 38.5 Å². The first-order valence-electron chi connectivity index (χ1n) is 8.64. The Labute approximate surface area is 162 Å². The van der Waals surface area contributed by atoms with Crippen LogP contribution < -0.4 is 5.32 Å². The van der Waals surface area contributed by atoms with E-state index < -0.39 is 0 Å². The van der Waals surface area contributed by atoms with Crippen molar-refractivity contribution in [3.8, 4) is 0 Å². The molecule has 1 fully saturated rings. The average molecular weight is 419 g/mol. The molecule has 0 saturated carbocycles. The maximum absolute atomic E-state index is 12.8. The molecular weight excluding hydrogens is 396 g/mol. The molecule has 3 atom stereocenters. The summed E-state index contributed by atoms with van der Waals surface area (Å²) in [5.41, 5.74) is 2.97.